The second kappa shape index (κ2) is 28.4. The van der Waals surface area contributed by atoms with Crippen LogP contribution in [0, 0.1) is 23.7 Å². The van der Waals surface area contributed by atoms with Crippen molar-refractivity contribution < 1.29 is 128 Å². The van der Waals surface area contributed by atoms with Crippen molar-refractivity contribution >= 4 is 11.9 Å². The molecule has 0 aromatic carbocycles. The molecule has 8 aliphatic rings. The molecule has 13 N–H and O–H groups in total. The van der Waals surface area contributed by atoms with Crippen molar-refractivity contribution in [2.75, 3.05) is 34.0 Å². The third-order valence-electron chi connectivity index (χ3n) is 17.4. The van der Waals surface area contributed by atoms with Gasteiger partial charge >= 0.3 is 11.9 Å². The molecule has 8 fully saturated rings. The number of esters is 2. The SMILES string of the molecule is COC1CC(C=CC(=O)OC[C@H]2O[C@@H](O[C@H]3[C@H](OC4CC5C(CC(O)CC5O[C@@H]5O[C@H](CO)[C@@H](O)[C@H](O)[C@H]5O)OC4C4CCC(O)CC4)O[C@H](COC(=O)C=CC4CCC(O)CC4)[C@@H](O)[C@@H]3O)[C@H](O)[C@@H](O)[C@@H]2O)CC(OC)C1O. The van der Waals surface area contributed by atoms with E-state index in [1.54, 1.807) is 12.2 Å². The van der Waals surface area contributed by atoms with Crippen LogP contribution in [0.25, 0.3) is 0 Å². The molecule has 0 aromatic heterocycles. The first-order valence-electron chi connectivity index (χ1n) is 27.9. The van der Waals surface area contributed by atoms with Crippen molar-refractivity contribution in [2.45, 2.75) is 237 Å². The highest BCUT2D eigenvalue weighted by Crippen LogP contribution is 2.45. The van der Waals surface area contributed by atoms with E-state index in [4.69, 9.17) is 52.1 Å². The van der Waals surface area contributed by atoms with Crippen LogP contribution in [-0.4, -0.2) is 266 Å². The van der Waals surface area contributed by atoms with Crippen molar-refractivity contribution in [1.82, 2.24) is 0 Å². The molecule has 452 valence electrons. The Hall–Kier alpha value is -2.46. The molecule has 79 heavy (non-hydrogen) atoms. The molecule has 23 atom stereocenters. The van der Waals surface area contributed by atoms with E-state index >= 15 is 0 Å². The zero-order valence-electron chi connectivity index (χ0n) is 44.5. The topological polar surface area (TPSA) is 399 Å². The maximum Gasteiger partial charge on any atom is 0.330 e. The van der Waals surface area contributed by atoms with Gasteiger partial charge in [-0.3, -0.25) is 0 Å². The molecule has 0 bridgehead atoms. The Bertz CT molecular complexity index is 1950. The molecule has 0 spiro atoms. The highest BCUT2D eigenvalue weighted by Gasteiger charge is 2.56. The van der Waals surface area contributed by atoms with Gasteiger partial charge in [0.1, 0.15) is 92.6 Å². The lowest BCUT2D eigenvalue weighted by Gasteiger charge is -2.52. The number of hydrogen-bond acceptors (Lipinski definition) is 26. The summed E-state index contributed by atoms with van der Waals surface area (Å²) in [6.07, 6.45) is -22.8. The van der Waals surface area contributed by atoms with Crippen LogP contribution in [0.4, 0.5) is 0 Å². The summed E-state index contributed by atoms with van der Waals surface area (Å²) < 4.78 is 65.8. The van der Waals surface area contributed by atoms with Crippen molar-refractivity contribution in [3.8, 4) is 0 Å². The lowest BCUT2D eigenvalue weighted by molar-refractivity contribution is -0.380. The van der Waals surface area contributed by atoms with Gasteiger partial charge in [0.25, 0.3) is 0 Å². The number of ether oxygens (including phenoxy) is 11. The van der Waals surface area contributed by atoms with Crippen LogP contribution in [0.15, 0.2) is 24.3 Å². The Morgan fingerprint density at radius 2 is 0.949 bits per heavy atom. The Labute approximate surface area is 457 Å². The summed E-state index contributed by atoms with van der Waals surface area (Å²) in [5, 5.41) is 141. The van der Waals surface area contributed by atoms with E-state index < -0.39 is 191 Å². The average molecular weight is 1140 g/mol. The van der Waals surface area contributed by atoms with E-state index in [-0.39, 0.29) is 37.0 Å². The Morgan fingerprint density at radius 3 is 1.52 bits per heavy atom. The molecule has 4 aliphatic heterocycles. The van der Waals surface area contributed by atoms with Crippen molar-refractivity contribution in [3.05, 3.63) is 24.3 Å². The zero-order valence-corrected chi connectivity index (χ0v) is 44.5. The molecule has 0 aromatic rings. The number of hydrogen-bond donors (Lipinski definition) is 13. The Kier molecular flexibility index (Phi) is 22.5. The van der Waals surface area contributed by atoms with E-state index in [0.29, 0.717) is 64.2 Å². The number of methoxy groups -OCH3 is 2. The molecule has 4 saturated carbocycles. The second-order valence-electron chi connectivity index (χ2n) is 22.7. The van der Waals surface area contributed by atoms with Gasteiger partial charge in [0.05, 0.1) is 61.5 Å². The molecule has 8 unspecified atom stereocenters. The van der Waals surface area contributed by atoms with Crippen LogP contribution in [0.1, 0.15) is 83.5 Å². The number of rotatable bonds is 18. The first kappa shape index (κ1) is 62.6. The van der Waals surface area contributed by atoms with E-state index in [1.807, 2.05) is 0 Å². The summed E-state index contributed by atoms with van der Waals surface area (Å²) >= 11 is 0. The maximum atomic E-state index is 13.1. The first-order valence-corrected chi connectivity index (χ1v) is 27.9. The lowest BCUT2D eigenvalue weighted by Crippen LogP contribution is -2.66. The van der Waals surface area contributed by atoms with Crippen molar-refractivity contribution in [2.24, 2.45) is 23.7 Å². The highest BCUT2D eigenvalue weighted by molar-refractivity contribution is 5.82. The average Bonchev–Trinajstić information content (AvgIpc) is 3.61. The second-order valence-corrected chi connectivity index (χ2v) is 22.7. The molecule has 26 heteroatoms. The molecule has 26 nitrogen and oxygen atoms in total. The first-order chi connectivity index (χ1) is 37.8. The van der Waals surface area contributed by atoms with Crippen LogP contribution in [0.2, 0.25) is 0 Å². The largest absolute Gasteiger partial charge is 0.460 e. The fraction of sp³-hybridized carbons (Fsp3) is 0.887. The number of carbonyl (C=O) groups is 2. The maximum absolute atomic E-state index is 13.1. The van der Waals surface area contributed by atoms with Crippen molar-refractivity contribution in [3.63, 3.8) is 0 Å². The summed E-state index contributed by atoms with van der Waals surface area (Å²) in [6.45, 7) is -2.00. The number of allylic oxidation sites excluding steroid dienone is 2. The summed E-state index contributed by atoms with van der Waals surface area (Å²) in [6, 6.07) is 0. The third-order valence-corrected chi connectivity index (χ3v) is 17.4. The third kappa shape index (κ3) is 15.3. The molecule has 4 heterocycles. The monoisotopic (exact) mass is 1140 g/mol. The fourth-order valence-corrected chi connectivity index (χ4v) is 12.6. The quantitative estimate of drug-likeness (QED) is 0.0463. The van der Waals surface area contributed by atoms with Gasteiger partial charge in [-0.1, -0.05) is 12.2 Å². The predicted octanol–water partition coefficient (Wildman–Crippen LogP) is -3.77. The normalized spacial score (nSPS) is 48.1. The van der Waals surface area contributed by atoms with Gasteiger partial charge in [-0.25, -0.2) is 9.59 Å². The summed E-state index contributed by atoms with van der Waals surface area (Å²) in [5.74, 6) is -2.78. The highest BCUT2D eigenvalue weighted by atomic mass is 16.8. The van der Waals surface area contributed by atoms with Gasteiger partial charge in [-0.2, -0.15) is 0 Å². The Morgan fingerprint density at radius 1 is 0.456 bits per heavy atom. The fourth-order valence-electron chi connectivity index (χ4n) is 12.6. The Balaban J connectivity index is 1.02. The molecular weight excluding hydrogens is 1050 g/mol. The van der Waals surface area contributed by atoms with Gasteiger partial charge in [-0.05, 0) is 94.8 Å². The standard InChI is InChI=1S/C53H84O26/c1-69-32-15-24(16-33(70-2)40(32)60)6-14-39(59)71-21-36-42(62)45(65)48(68)52(77-36)79-50-46(66)43(63)37(22-72-38(58)13-5-23-3-9-26(55)10-4-23)78-53(50)75-34-19-29-30(73-49(34)25-7-11-27(56)12-8-25)17-28(57)18-31(29)74-51-47(67)44(64)41(61)35(20-54)76-51/h5-6,13-14,23-37,40-57,60-68H,3-4,7-12,15-22H2,1-2H3/t23?,24?,25?,26?,27?,28?,29?,30?,31?,32?,33?,34?,35-,36-,37-,40?,41-,42-,43-,44+,45+,46+,47-,48-,49?,50-,51-,52+,53-/m1/s1. The van der Waals surface area contributed by atoms with Gasteiger partial charge in [0, 0.05) is 38.7 Å². The van der Waals surface area contributed by atoms with Gasteiger partial charge in [0.15, 0.2) is 18.9 Å². The van der Waals surface area contributed by atoms with Gasteiger partial charge in [0.2, 0.25) is 0 Å². The van der Waals surface area contributed by atoms with E-state index in [1.165, 1.54) is 20.3 Å². The van der Waals surface area contributed by atoms with Crippen LogP contribution in [-0.2, 0) is 61.7 Å². The number of aliphatic hydroxyl groups is 13. The molecule has 4 aliphatic carbocycles. The smallest absolute Gasteiger partial charge is 0.330 e. The number of fused-ring (bicyclic) bond motifs is 1. The number of carbonyl (C=O) groups excluding carboxylic acids is 2. The minimum atomic E-state index is -2.02. The van der Waals surface area contributed by atoms with Crippen LogP contribution < -0.4 is 0 Å². The molecule has 0 amide bonds. The van der Waals surface area contributed by atoms with E-state index in [2.05, 4.69) is 0 Å². The molecule has 0 radical (unpaired) electrons. The molecular formula is C53H84O26. The van der Waals surface area contributed by atoms with Crippen LogP contribution in [0.5, 0.6) is 0 Å². The summed E-state index contributed by atoms with van der Waals surface area (Å²) in [4.78, 5) is 26.1. The lowest BCUT2D eigenvalue weighted by atomic mass is 9.73. The summed E-state index contributed by atoms with van der Waals surface area (Å²) in [5.41, 5.74) is 0. The molecule has 8 rings (SSSR count). The minimum Gasteiger partial charge on any atom is -0.460 e. The van der Waals surface area contributed by atoms with Crippen molar-refractivity contribution in [1.29, 1.82) is 0 Å². The summed E-state index contributed by atoms with van der Waals surface area (Å²) in [7, 11) is 2.91. The van der Waals surface area contributed by atoms with Gasteiger partial charge < -0.3 is 118 Å². The predicted molar refractivity (Wildman–Crippen MR) is 264 cm³/mol. The van der Waals surface area contributed by atoms with E-state index in [9.17, 15) is 76.0 Å². The number of aliphatic hydroxyl groups excluding tert-OH is 13. The van der Waals surface area contributed by atoms with Crippen LogP contribution in [0.3, 0.4) is 0 Å². The zero-order chi connectivity index (χ0) is 56.8. The van der Waals surface area contributed by atoms with E-state index in [0.717, 1.165) is 6.08 Å². The van der Waals surface area contributed by atoms with Crippen LogP contribution >= 0.6 is 0 Å². The minimum absolute atomic E-state index is 0.0132. The van der Waals surface area contributed by atoms with Gasteiger partial charge in [-0.15, -0.1) is 0 Å². The molecule has 4 saturated heterocycles.